The number of amides is 1. The predicted octanol–water partition coefficient (Wildman–Crippen LogP) is 4.73. The van der Waals surface area contributed by atoms with Crippen LogP contribution in [-0.4, -0.2) is 37.6 Å². The summed E-state index contributed by atoms with van der Waals surface area (Å²) < 4.78 is 7.49. The van der Waals surface area contributed by atoms with E-state index in [0.29, 0.717) is 29.5 Å². The third-order valence-corrected chi connectivity index (χ3v) is 5.52. The molecule has 0 saturated carbocycles. The summed E-state index contributed by atoms with van der Waals surface area (Å²) in [6, 6.07) is 15.2. The van der Waals surface area contributed by atoms with E-state index in [1.807, 2.05) is 50.4 Å². The van der Waals surface area contributed by atoms with E-state index >= 15 is 0 Å². The molecule has 7 nitrogen and oxygen atoms in total. The highest BCUT2D eigenvalue weighted by Crippen LogP contribution is 2.24. The summed E-state index contributed by atoms with van der Waals surface area (Å²) in [4.78, 5) is 22.7. The maximum absolute atomic E-state index is 12.7. The topological polar surface area (TPSA) is 77.1 Å². The number of carbonyl (C=O) groups is 1. The molecule has 1 amide bonds. The van der Waals surface area contributed by atoms with Crippen LogP contribution in [0.4, 0.5) is 0 Å². The standard InChI is InChI=1S/C23H22ClN5O2/c1-16(17-5-9-20(10-6-17)29-15-25-14-27-29)28(2)23(30)12-11-22-26-13-21(31-22)18-3-7-19(24)8-4-18/h3-10,13-16H,11-12H2,1-2H3. The number of oxazole rings is 1. The van der Waals surface area contributed by atoms with Crippen molar-refractivity contribution >= 4 is 17.5 Å². The molecule has 1 unspecified atom stereocenters. The number of aryl methyl sites for hydroxylation is 1. The van der Waals surface area contributed by atoms with E-state index in [9.17, 15) is 4.79 Å². The van der Waals surface area contributed by atoms with Gasteiger partial charge < -0.3 is 9.32 Å². The largest absolute Gasteiger partial charge is 0.441 e. The molecule has 8 heteroatoms. The minimum Gasteiger partial charge on any atom is -0.441 e. The van der Waals surface area contributed by atoms with Gasteiger partial charge in [-0.1, -0.05) is 23.7 Å². The summed E-state index contributed by atoms with van der Waals surface area (Å²) in [5.41, 5.74) is 2.86. The number of halogens is 1. The lowest BCUT2D eigenvalue weighted by Crippen LogP contribution is -2.29. The van der Waals surface area contributed by atoms with E-state index < -0.39 is 0 Å². The van der Waals surface area contributed by atoms with Gasteiger partial charge in [-0.05, 0) is 48.9 Å². The Labute approximate surface area is 185 Å². The molecule has 0 saturated heterocycles. The van der Waals surface area contributed by atoms with E-state index in [1.165, 1.54) is 6.33 Å². The van der Waals surface area contributed by atoms with Crippen LogP contribution in [0.15, 0.2) is 71.8 Å². The molecule has 0 aliphatic rings. The van der Waals surface area contributed by atoms with Gasteiger partial charge in [0.25, 0.3) is 0 Å². The second-order valence-corrected chi connectivity index (χ2v) is 7.67. The SMILES string of the molecule is CC(c1ccc(-n2cncn2)cc1)N(C)C(=O)CCc1ncc(-c2ccc(Cl)cc2)o1. The molecule has 2 aromatic heterocycles. The molecule has 2 aromatic carbocycles. The zero-order chi connectivity index (χ0) is 21.8. The van der Waals surface area contributed by atoms with Gasteiger partial charge in [0, 0.05) is 30.5 Å². The molecule has 4 aromatic rings. The van der Waals surface area contributed by atoms with E-state index in [2.05, 4.69) is 15.1 Å². The lowest BCUT2D eigenvalue weighted by Gasteiger charge is -2.25. The highest BCUT2D eigenvalue weighted by atomic mass is 35.5. The van der Waals surface area contributed by atoms with Crippen LogP contribution in [-0.2, 0) is 11.2 Å². The van der Waals surface area contributed by atoms with E-state index in [-0.39, 0.29) is 11.9 Å². The molecule has 0 bridgehead atoms. The minimum atomic E-state index is -0.0634. The highest BCUT2D eigenvalue weighted by molar-refractivity contribution is 6.30. The van der Waals surface area contributed by atoms with Gasteiger partial charge in [0.2, 0.25) is 5.91 Å². The first kappa shape index (κ1) is 20.8. The Hall–Kier alpha value is -3.45. The van der Waals surface area contributed by atoms with Crippen LogP contribution in [0.1, 0.15) is 30.8 Å². The van der Waals surface area contributed by atoms with Crippen LogP contribution in [0.5, 0.6) is 0 Å². The molecule has 158 valence electrons. The molecule has 0 aliphatic carbocycles. The summed E-state index contributed by atoms with van der Waals surface area (Å²) in [6.07, 6.45) is 5.57. The average Bonchev–Trinajstić information content (AvgIpc) is 3.49. The van der Waals surface area contributed by atoms with Gasteiger partial charge in [-0.15, -0.1) is 0 Å². The Balaban J connectivity index is 1.34. The molecular weight excluding hydrogens is 414 g/mol. The smallest absolute Gasteiger partial charge is 0.223 e. The fourth-order valence-electron chi connectivity index (χ4n) is 3.25. The van der Waals surface area contributed by atoms with Gasteiger partial charge in [-0.2, -0.15) is 5.10 Å². The van der Waals surface area contributed by atoms with Gasteiger partial charge in [0.05, 0.1) is 17.9 Å². The highest BCUT2D eigenvalue weighted by Gasteiger charge is 2.18. The maximum atomic E-state index is 12.7. The predicted molar refractivity (Wildman–Crippen MR) is 118 cm³/mol. The number of hydrogen-bond donors (Lipinski definition) is 0. The second-order valence-electron chi connectivity index (χ2n) is 7.24. The molecule has 0 radical (unpaired) electrons. The molecule has 0 N–H and O–H groups in total. The zero-order valence-corrected chi connectivity index (χ0v) is 18.0. The Morgan fingerprint density at radius 2 is 1.90 bits per heavy atom. The summed E-state index contributed by atoms with van der Waals surface area (Å²) in [6.45, 7) is 2.01. The average molecular weight is 436 g/mol. The number of rotatable bonds is 7. The van der Waals surface area contributed by atoms with Crippen molar-refractivity contribution in [3.63, 3.8) is 0 Å². The maximum Gasteiger partial charge on any atom is 0.223 e. The van der Waals surface area contributed by atoms with Crippen LogP contribution in [0.3, 0.4) is 0 Å². The van der Waals surface area contributed by atoms with Crippen molar-refractivity contribution in [2.24, 2.45) is 0 Å². The van der Waals surface area contributed by atoms with Gasteiger partial charge in [0.1, 0.15) is 12.7 Å². The van der Waals surface area contributed by atoms with Crippen molar-refractivity contribution < 1.29 is 9.21 Å². The summed E-state index contributed by atoms with van der Waals surface area (Å²) in [7, 11) is 1.81. The lowest BCUT2D eigenvalue weighted by atomic mass is 10.1. The monoisotopic (exact) mass is 435 g/mol. The first-order valence-corrected chi connectivity index (χ1v) is 10.3. The van der Waals surface area contributed by atoms with Crippen molar-refractivity contribution in [2.45, 2.75) is 25.8 Å². The first-order valence-electron chi connectivity index (χ1n) is 9.92. The molecule has 0 spiro atoms. The normalized spacial score (nSPS) is 12.0. The summed E-state index contributed by atoms with van der Waals surface area (Å²) in [5.74, 6) is 1.23. The van der Waals surface area contributed by atoms with Crippen LogP contribution < -0.4 is 0 Å². The third-order valence-electron chi connectivity index (χ3n) is 5.27. The van der Waals surface area contributed by atoms with Crippen LogP contribution in [0.2, 0.25) is 5.02 Å². The fraction of sp³-hybridized carbons (Fsp3) is 0.217. The second kappa shape index (κ2) is 9.14. The number of benzene rings is 2. The number of carbonyl (C=O) groups excluding carboxylic acids is 1. The summed E-state index contributed by atoms with van der Waals surface area (Å²) >= 11 is 5.92. The van der Waals surface area contributed by atoms with Crippen molar-refractivity contribution in [3.8, 4) is 17.0 Å². The van der Waals surface area contributed by atoms with Gasteiger partial charge in [0.15, 0.2) is 11.7 Å². The molecule has 31 heavy (non-hydrogen) atoms. The quantitative estimate of drug-likeness (QED) is 0.419. The molecule has 0 aliphatic heterocycles. The van der Waals surface area contributed by atoms with Crippen molar-refractivity contribution in [1.82, 2.24) is 24.6 Å². The third kappa shape index (κ3) is 4.83. The van der Waals surface area contributed by atoms with Gasteiger partial charge >= 0.3 is 0 Å². The lowest BCUT2D eigenvalue weighted by molar-refractivity contribution is -0.131. The van der Waals surface area contributed by atoms with Crippen molar-refractivity contribution in [1.29, 1.82) is 0 Å². The van der Waals surface area contributed by atoms with Crippen LogP contribution in [0, 0.1) is 0 Å². The molecule has 4 rings (SSSR count). The van der Waals surface area contributed by atoms with Crippen LogP contribution >= 0.6 is 11.6 Å². The van der Waals surface area contributed by atoms with E-state index in [0.717, 1.165) is 16.8 Å². The first-order chi connectivity index (χ1) is 15.0. The van der Waals surface area contributed by atoms with Gasteiger partial charge in [-0.3, -0.25) is 4.79 Å². The number of nitrogens with zero attached hydrogens (tertiary/aromatic N) is 5. The molecule has 2 heterocycles. The van der Waals surface area contributed by atoms with E-state index in [1.54, 1.807) is 34.2 Å². The van der Waals surface area contributed by atoms with Gasteiger partial charge in [-0.25, -0.2) is 14.6 Å². The summed E-state index contributed by atoms with van der Waals surface area (Å²) in [5, 5.41) is 4.79. The van der Waals surface area contributed by atoms with Crippen molar-refractivity contribution in [3.05, 3.63) is 83.9 Å². The number of hydrogen-bond acceptors (Lipinski definition) is 5. The minimum absolute atomic E-state index is 0.0269. The molecule has 0 fully saturated rings. The molecule has 1 atom stereocenters. The molecular formula is C23H22ClN5O2. The van der Waals surface area contributed by atoms with E-state index in [4.69, 9.17) is 16.0 Å². The Morgan fingerprint density at radius 3 is 2.58 bits per heavy atom. The zero-order valence-electron chi connectivity index (χ0n) is 17.3. The Bertz CT molecular complexity index is 1140. The van der Waals surface area contributed by atoms with Crippen molar-refractivity contribution in [2.75, 3.05) is 7.05 Å². The Morgan fingerprint density at radius 1 is 1.16 bits per heavy atom. The fourth-order valence-corrected chi connectivity index (χ4v) is 3.38. The Kier molecular flexibility index (Phi) is 6.13. The number of aromatic nitrogens is 4. The van der Waals surface area contributed by atoms with Crippen LogP contribution in [0.25, 0.3) is 17.0 Å².